The van der Waals surface area contributed by atoms with Gasteiger partial charge in [-0.25, -0.2) is 0 Å². The predicted molar refractivity (Wildman–Crippen MR) is 233 cm³/mol. The summed E-state index contributed by atoms with van der Waals surface area (Å²) < 4.78 is 15.5. The number of para-hydroxylation sites is 6. The van der Waals surface area contributed by atoms with Crippen LogP contribution < -0.4 is 4.90 Å². The molecule has 0 unspecified atom stereocenters. The van der Waals surface area contributed by atoms with Gasteiger partial charge in [-0.2, -0.15) is 0 Å². The molecule has 262 valence electrons. The summed E-state index contributed by atoms with van der Waals surface area (Å²) in [6.07, 6.45) is 0. The normalized spacial score (nSPS) is 11.9. The van der Waals surface area contributed by atoms with Crippen molar-refractivity contribution in [1.82, 2.24) is 4.57 Å². The van der Waals surface area contributed by atoms with Gasteiger partial charge in [0.05, 0.1) is 39.2 Å². The fourth-order valence-electron chi connectivity index (χ4n) is 8.94. The Kier molecular flexibility index (Phi) is 6.60. The molecule has 0 fully saturated rings. The maximum Gasteiger partial charge on any atom is 0.143 e. The van der Waals surface area contributed by atoms with Crippen LogP contribution in [0.2, 0.25) is 0 Å². The highest BCUT2D eigenvalue weighted by atomic mass is 16.3. The summed E-state index contributed by atoms with van der Waals surface area (Å²) in [5.74, 6) is 0. The van der Waals surface area contributed by atoms with Gasteiger partial charge in [0, 0.05) is 37.9 Å². The Morgan fingerprint density at radius 1 is 0.375 bits per heavy atom. The SMILES string of the molecule is c1ccc(N(c2ccccc2-n2c3ccccc3c3ccccc32)c2cccc3oc4ccccc4c23)c(-c2ccc3oc4c5ccccc5ccc4c3c2)c1. The van der Waals surface area contributed by atoms with Crippen LogP contribution in [-0.2, 0) is 0 Å². The monoisotopic (exact) mass is 716 g/mol. The average molecular weight is 717 g/mol. The molecule has 0 bridgehead atoms. The van der Waals surface area contributed by atoms with Gasteiger partial charge in [-0.05, 0) is 77.7 Å². The third kappa shape index (κ3) is 4.47. The van der Waals surface area contributed by atoms with Gasteiger partial charge in [-0.1, -0.05) is 127 Å². The topological polar surface area (TPSA) is 34.5 Å². The van der Waals surface area contributed by atoms with Crippen molar-refractivity contribution >= 4 is 93.5 Å². The minimum atomic E-state index is 0.846. The fourth-order valence-corrected chi connectivity index (χ4v) is 8.94. The van der Waals surface area contributed by atoms with Gasteiger partial charge in [-0.3, -0.25) is 0 Å². The number of fused-ring (bicyclic) bond motifs is 11. The van der Waals surface area contributed by atoms with Crippen LogP contribution in [0.5, 0.6) is 0 Å². The number of aromatic nitrogens is 1. The predicted octanol–water partition coefficient (Wildman–Crippen LogP) is 14.9. The molecule has 0 aliphatic heterocycles. The van der Waals surface area contributed by atoms with Crippen molar-refractivity contribution in [2.45, 2.75) is 0 Å². The largest absolute Gasteiger partial charge is 0.456 e. The molecule has 0 spiro atoms. The van der Waals surface area contributed by atoms with Crippen LogP contribution in [0.1, 0.15) is 0 Å². The molecule has 3 aromatic heterocycles. The first-order valence-corrected chi connectivity index (χ1v) is 19.0. The summed E-state index contributed by atoms with van der Waals surface area (Å²) in [7, 11) is 0. The highest BCUT2D eigenvalue weighted by molar-refractivity contribution is 6.17. The van der Waals surface area contributed by atoms with Gasteiger partial charge in [0.15, 0.2) is 0 Å². The highest BCUT2D eigenvalue weighted by Gasteiger charge is 2.25. The van der Waals surface area contributed by atoms with E-state index in [1.54, 1.807) is 0 Å². The van der Waals surface area contributed by atoms with E-state index in [1.807, 2.05) is 6.07 Å². The molecule has 12 aromatic rings. The molecule has 0 saturated carbocycles. The van der Waals surface area contributed by atoms with E-state index in [0.29, 0.717) is 0 Å². The zero-order chi connectivity index (χ0) is 36.7. The Morgan fingerprint density at radius 2 is 1.00 bits per heavy atom. The molecule has 0 N–H and O–H groups in total. The zero-order valence-corrected chi connectivity index (χ0v) is 30.2. The standard InChI is InChI=1S/C52H32N2O2/c1-2-16-36-33(14-1)28-30-39-41-32-34(29-31-49(41)56-52(36)39)35-15-3-7-20-42(35)54(47-25-13-27-50-51(47)40-19-6-12-26-48(40)55-50)46-24-11-10-23-45(46)53-43-21-8-4-17-37(43)38-18-5-9-22-44(38)53/h1-32H. The van der Waals surface area contributed by atoms with Crippen molar-refractivity contribution in [2.75, 3.05) is 4.90 Å². The van der Waals surface area contributed by atoms with Crippen LogP contribution in [0.3, 0.4) is 0 Å². The number of hydrogen-bond donors (Lipinski definition) is 0. The molecular formula is C52H32N2O2. The third-order valence-electron chi connectivity index (χ3n) is 11.4. The van der Waals surface area contributed by atoms with Gasteiger partial charge in [-0.15, -0.1) is 0 Å². The second-order valence-corrected chi connectivity index (χ2v) is 14.4. The zero-order valence-electron chi connectivity index (χ0n) is 30.2. The lowest BCUT2D eigenvalue weighted by molar-refractivity contribution is 0.669. The summed E-state index contributed by atoms with van der Waals surface area (Å²) in [6.45, 7) is 0. The average Bonchev–Trinajstić information content (AvgIpc) is 3.94. The van der Waals surface area contributed by atoms with Gasteiger partial charge >= 0.3 is 0 Å². The first-order valence-electron chi connectivity index (χ1n) is 19.0. The van der Waals surface area contributed by atoms with Crippen molar-refractivity contribution < 1.29 is 8.83 Å². The van der Waals surface area contributed by atoms with Crippen molar-refractivity contribution in [3.63, 3.8) is 0 Å². The highest BCUT2D eigenvalue weighted by Crippen LogP contribution is 2.49. The minimum absolute atomic E-state index is 0.846. The fraction of sp³-hybridized carbons (Fsp3) is 0. The molecule has 0 aliphatic rings. The molecule has 0 radical (unpaired) electrons. The summed E-state index contributed by atoms with van der Waals surface area (Å²) in [6, 6.07) is 69.1. The Balaban J connectivity index is 1.16. The number of furan rings is 2. The Bertz CT molecular complexity index is 3460. The van der Waals surface area contributed by atoms with E-state index in [0.717, 1.165) is 94.2 Å². The number of anilines is 3. The lowest BCUT2D eigenvalue weighted by Gasteiger charge is -2.30. The second-order valence-electron chi connectivity index (χ2n) is 14.4. The summed E-state index contributed by atoms with van der Waals surface area (Å²) in [5.41, 5.74) is 12.2. The molecule has 0 aliphatic carbocycles. The van der Waals surface area contributed by atoms with Gasteiger partial charge in [0.1, 0.15) is 22.3 Å². The first kappa shape index (κ1) is 30.9. The molecule has 12 rings (SSSR count). The van der Waals surface area contributed by atoms with E-state index < -0.39 is 0 Å². The lowest BCUT2D eigenvalue weighted by Crippen LogP contribution is -2.14. The van der Waals surface area contributed by atoms with E-state index in [4.69, 9.17) is 8.83 Å². The summed E-state index contributed by atoms with van der Waals surface area (Å²) in [4.78, 5) is 2.43. The van der Waals surface area contributed by atoms with Crippen LogP contribution in [0.25, 0.3) is 93.3 Å². The second kappa shape index (κ2) is 12.0. The van der Waals surface area contributed by atoms with Gasteiger partial charge < -0.3 is 18.3 Å². The van der Waals surface area contributed by atoms with Crippen molar-refractivity contribution in [3.05, 3.63) is 194 Å². The number of hydrogen-bond acceptors (Lipinski definition) is 3. The molecule has 4 heteroatoms. The number of nitrogens with zero attached hydrogens (tertiary/aromatic N) is 2. The molecular weight excluding hydrogens is 685 g/mol. The van der Waals surface area contributed by atoms with E-state index in [9.17, 15) is 0 Å². The van der Waals surface area contributed by atoms with Crippen LogP contribution in [0.4, 0.5) is 17.1 Å². The summed E-state index contributed by atoms with van der Waals surface area (Å²) >= 11 is 0. The van der Waals surface area contributed by atoms with Crippen LogP contribution in [0.15, 0.2) is 203 Å². The summed E-state index contributed by atoms with van der Waals surface area (Å²) in [5, 5.41) is 9.09. The minimum Gasteiger partial charge on any atom is -0.456 e. The van der Waals surface area contributed by atoms with E-state index in [-0.39, 0.29) is 0 Å². The third-order valence-corrected chi connectivity index (χ3v) is 11.4. The van der Waals surface area contributed by atoms with E-state index >= 15 is 0 Å². The molecule has 4 nitrogen and oxygen atoms in total. The van der Waals surface area contributed by atoms with Crippen LogP contribution in [0, 0.1) is 0 Å². The molecule has 0 amide bonds. The van der Waals surface area contributed by atoms with E-state index in [1.165, 1.54) is 16.2 Å². The first-order chi connectivity index (χ1) is 27.8. The molecule has 0 atom stereocenters. The van der Waals surface area contributed by atoms with Gasteiger partial charge in [0.2, 0.25) is 0 Å². The quantitative estimate of drug-likeness (QED) is 0.178. The maximum atomic E-state index is 6.56. The Morgan fingerprint density at radius 3 is 1.84 bits per heavy atom. The molecule has 9 aromatic carbocycles. The number of rotatable bonds is 5. The van der Waals surface area contributed by atoms with Gasteiger partial charge in [0.25, 0.3) is 0 Å². The van der Waals surface area contributed by atoms with Crippen LogP contribution >= 0.6 is 0 Å². The smallest absolute Gasteiger partial charge is 0.143 e. The molecule has 56 heavy (non-hydrogen) atoms. The van der Waals surface area contributed by atoms with Crippen LogP contribution in [-0.4, -0.2) is 4.57 Å². The Labute approximate surface area is 321 Å². The number of benzene rings is 9. The van der Waals surface area contributed by atoms with Crippen molar-refractivity contribution in [2.24, 2.45) is 0 Å². The van der Waals surface area contributed by atoms with E-state index in [2.05, 4.69) is 198 Å². The molecule has 3 heterocycles. The maximum absolute atomic E-state index is 6.56. The van der Waals surface area contributed by atoms with Crippen molar-refractivity contribution in [3.8, 4) is 16.8 Å². The molecule has 0 saturated heterocycles. The van der Waals surface area contributed by atoms with Crippen molar-refractivity contribution in [1.29, 1.82) is 0 Å². The lowest BCUT2D eigenvalue weighted by atomic mass is 9.98. The Hall–Kier alpha value is -7.56.